The Bertz CT molecular complexity index is 429. The highest BCUT2D eigenvalue weighted by Gasteiger charge is 2.16. The molecule has 0 radical (unpaired) electrons. The van der Waals surface area contributed by atoms with Gasteiger partial charge in [0.25, 0.3) is 0 Å². The molecule has 4 nitrogen and oxygen atoms in total. The van der Waals surface area contributed by atoms with Crippen LogP contribution in [-0.2, 0) is 4.79 Å². The molecule has 100 valence electrons. The molecule has 0 bridgehead atoms. The van der Waals surface area contributed by atoms with Crippen molar-refractivity contribution in [2.24, 2.45) is 5.73 Å². The quantitative estimate of drug-likeness (QED) is 0.843. The predicted octanol–water partition coefficient (Wildman–Crippen LogP) is 2.38. The third-order valence-electron chi connectivity index (χ3n) is 2.96. The molecule has 0 amide bonds. The van der Waals surface area contributed by atoms with Gasteiger partial charge in [0, 0.05) is 24.1 Å². The Morgan fingerprint density at radius 3 is 2.50 bits per heavy atom. The topological polar surface area (TPSA) is 61.5 Å². The van der Waals surface area contributed by atoms with Crippen LogP contribution < -0.4 is 15.2 Å². The van der Waals surface area contributed by atoms with E-state index in [9.17, 15) is 4.79 Å². The van der Waals surface area contributed by atoms with Gasteiger partial charge in [-0.25, -0.2) is 0 Å². The maximum atomic E-state index is 11.0. The minimum atomic E-state index is -0.199. The number of carbonyl (C=O) groups excluding carboxylic acids is 1. The van der Waals surface area contributed by atoms with Gasteiger partial charge >= 0.3 is 0 Å². The number of hydrogen-bond acceptors (Lipinski definition) is 4. The van der Waals surface area contributed by atoms with Crippen LogP contribution in [0.5, 0.6) is 11.5 Å². The van der Waals surface area contributed by atoms with Crippen LogP contribution in [0.15, 0.2) is 12.1 Å². The van der Waals surface area contributed by atoms with Crippen molar-refractivity contribution < 1.29 is 14.3 Å². The Kier molecular flexibility index (Phi) is 5.16. The number of ether oxygens (including phenoxy) is 2. The summed E-state index contributed by atoms with van der Waals surface area (Å²) in [4.78, 5) is 11.0. The lowest BCUT2D eigenvalue weighted by atomic mass is 9.96. The minimum absolute atomic E-state index is 0.149. The molecule has 0 heterocycles. The van der Waals surface area contributed by atoms with Crippen LogP contribution in [0.1, 0.15) is 36.9 Å². The number of carbonyl (C=O) groups is 1. The second kappa shape index (κ2) is 6.40. The molecule has 1 aromatic rings. The third-order valence-corrected chi connectivity index (χ3v) is 2.96. The van der Waals surface area contributed by atoms with E-state index in [1.54, 1.807) is 21.1 Å². The van der Waals surface area contributed by atoms with Crippen LogP contribution in [0.3, 0.4) is 0 Å². The molecule has 0 aromatic heterocycles. The Hall–Kier alpha value is -1.55. The van der Waals surface area contributed by atoms with Gasteiger partial charge in [0.1, 0.15) is 17.3 Å². The molecule has 0 aliphatic heterocycles. The van der Waals surface area contributed by atoms with Gasteiger partial charge in [-0.1, -0.05) is 0 Å². The lowest BCUT2D eigenvalue weighted by molar-refractivity contribution is -0.117. The van der Waals surface area contributed by atoms with Crippen LogP contribution in [0.2, 0.25) is 0 Å². The summed E-state index contributed by atoms with van der Waals surface area (Å²) in [6, 6.07) is 3.54. The van der Waals surface area contributed by atoms with Crippen molar-refractivity contribution in [2.75, 3.05) is 14.2 Å². The van der Waals surface area contributed by atoms with Crippen LogP contribution in [0.25, 0.3) is 0 Å². The monoisotopic (exact) mass is 251 g/mol. The number of ketones is 1. The molecule has 18 heavy (non-hydrogen) atoms. The zero-order valence-corrected chi connectivity index (χ0v) is 11.4. The second-order valence-electron chi connectivity index (χ2n) is 4.41. The van der Waals surface area contributed by atoms with Crippen molar-refractivity contribution in [3.63, 3.8) is 0 Å². The molecule has 0 aliphatic rings. The molecule has 0 aliphatic carbocycles. The number of methoxy groups -OCH3 is 2. The molecule has 4 heteroatoms. The highest BCUT2D eigenvalue weighted by molar-refractivity contribution is 5.75. The van der Waals surface area contributed by atoms with E-state index < -0.39 is 0 Å². The van der Waals surface area contributed by atoms with Crippen LogP contribution in [-0.4, -0.2) is 20.0 Å². The van der Waals surface area contributed by atoms with E-state index in [1.165, 1.54) is 0 Å². The Morgan fingerprint density at radius 2 is 2.00 bits per heavy atom. The average Bonchev–Trinajstić information content (AvgIpc) is 2.34. The third kappa shape index (κ3) is 3.47. The molecule has 0 fully saturated rings. The summed E-state index contributed by atoms with van der Waals surface area (Å²) in [6.07, 6.45) is 1.11. The standard InChI is InChI=1S/C14H21NO3/c1-9-7-11(17-3)8-13(18-4)14(9)12(15)6-5-10(2)16/h7-8,12H,5-6,15H2,1-4H3. The first-order valence-corrected chi connectivity index (χ1v) is 5.97. The molecule has 0 saturated heterocycles. The van der Waals surface area contributed by atoms with Crippen LogP contribution >= 0.6 is 0 Å². The van der Waals surface area contributed by atoms with E-state index in [1.807, 2.05) is 19.1 Å². The van der Waals surface area contributed by atoms with E-state index in [0.29, 0.717) is 18.6 Å². The largest absolute Gasteiger partial charge is 0.497 e. The minimum Gasteiger partial charge on any atom is -0.497 e. The molecule has 2 N–H and O–H groups in total. The fourth-order valence-electron chi connectivity index (χ4n) is 2.00. The SMILES string of the molecule is COc1cc(C)c(C(N)CCC(C)=O)c(OC)c1. The summed E-state index contributed by atoms with van der Waals surface area (Å²) in [7, 11) is 3.22. The van der Waals surface area contributed by atoms with Crippen molar-refractivity contribution in [3.05, 3.63) is 23.3 Å². The lowest BCUT2D eigenvalue weighted by Gasteiger charge is -2.19. The summed E-state index contributed by atoms with van der Waals surface area (Å²) in [5.41, 5.74) is 8.10. The van der Waals surface area contributed by atoms with Crippen molar-refractivity contribution in [2.45, 2.75) is 32.7 Å². The van der Waals surface area contributed by atoms with Gasteiger partial charge in [0.2, 0.25) is 0 Å². The highest BCUT2D eigenvalue weighted by Crippen LogP contribution is 2.33. The first kappa shape index (κ1) is 14.5. The normalized spacial score (nSPS) is 12.1. The summed E-state index contributed by atoms with van der Waals surface area (Å²) >= 11 is 0. The summed E-state index contributed by atoms with van der Waals surface area (Å²) in [5, 5.41) is 0. The molecule has 1 aromatic carbocycles. The van der Waals surface area contributed by atoms with Gasteiger partial charge in [-0.15, -0.1) is 0 Å². The van der Waals surface area contributed by atoms with Crippen LogP contribution in [0, 0.1) is 6.92 Å². The Labute approximate surface area is 108 Å². The molecule has 0 saturated carbocycles. The average molecular weight is 251 g/mol. The zero-order chi connectivity index (χ0) is 13.7. The number of aryl methyl sites for hydroxylation is 1. The van der Waals surface area contributed by atoms with E-state index in [-0.39, 0.29) is 11.8 Å². The van der Waals surface area contributed by atoms with E-state index >= 15 is 0 Å². The fraction of sp³-hybridized carbons (Fsp3) is 0.500. The zero-order valence-electron chi connectivity index (χ0n) is 11.4. The number of Topliss-reactive ketones (excluding diaryl/α,β-unsaturated/α-hetero) is 1. The van der Waals surface area contributed by atoms with Crippen molar-refractivity contribution >= 4 is 5.78 Å². The Morgan fingerprint density at radius 1 is 1.33 bits per heavy atom. The van der Waals surface area contributed by atoms with E-state index in [2.05, 4.69) is 0 Å². The van der Waals surface area contributed by atoms with Gasteiger partial charge in [-0.05, 0) is 31.9 Å². The highest BCUT2D eigenvalue weighted by atomic mass is 16.5. The predicted molar refractivity (Wildman–Crippen MR) is 71.1 cm³/mol. The Balaban J connectivity index is 3.02. The number of benzene rings is 1. The van der Waals surface area contributed by atoms with E-state index in [4.69, 9.17) is 15.2 Å². The number of rotatable bonds is 6. The lowest BCUT2D eigenvalue weighted by Crippen LogP contribution is -2.14. The first-order valence-electron chi connectivity index (χ1n) is 5.97. The molecule has 1 atom stereocenters. The number of hydrogen-bond donors (Lipinski definition) is 1. The summed E-state index contributed by atoms with van der Waals surface area (Å²) in [6.45, 7) is 3.54. The van der Waals surface area contributed by atoms with Gasteiger partial charge < -0.3 is 20.0 Å². The fourth-order valence-corrected chi connectivity index (χ4v) is 2.00. The van der Waals surface area contributed by atoms with Gasteiger partial charge in [-0.2, -0.15) is 0 Å². The van der Waals surface area contributed by atoms with Crippen molar-refractivity contribution in [3.8, 4) is 11.5 Å². The second-order valence-corrected chi connectivity index (χ2v) is 4.41. The summed E-state index contributed by atoms with van der Waals surface area (Å²) in [5.74, 6) is 1.60. The van der Waals surface area contributed by atoms with Gasteiger partial charge in [0.05, 0.1) is 14.2 Å². The maximum Gasteiger partial charge on any atom is 0.129 e. The molecule has 1 rings (SSSR count). The molecular weight excluding hydrogens is 230 g/mol. The van der Waals surface area contributed by atoms with Crippen molar-refractivity contribution in [1.82, 2.24) is 0 Å². The van der Waals surface area contributed by atoms with Gasteiger partial charge in [-0.3, -0.25) is 0 Å². The maximum absolute atomic E-state index is 11.0. The van der Waals surface area contributed by atoms with Crippen molar-refractivity contribution in [1.29, 1.82) is 0 Å². The first-order chi connectivity index (χ1) is 8.49. The molecular formula is C14H21NO3. The summed E-state index contributed by atoms with van der Waals surface area (Å²) < 4.78 is 10.5. The van der Waals surface area contributed by atoms with Gasteiger partial charge in [0.15, 0.2) is 0 Å². The smallest absolute Gasteiger partial charge is 0.129 e. The van der Waals surface area contributed by atoms with Crippen LogP contribution in [0.4, 0.5) is 0 Å². The number of nitrogens with two attached hydrogens (primary N) is 1. The molecule has 0 spiro atoms. The molecule has 1 unspecified atom stereocenters. The van der Waals surface area contributed by atoms with E-state index in [0.717, 1.165) is 16.9 Å².